The Balaban J connectivity index is 2.47. The maximum atomic E-state index is 12.2. The Kier molecular flexibility index (Phi) is 4.35. The van der Waals surface area contributed by atoms with Gasteiger partial charge in [0.05, 0.1) is 5.69 Å². The number of hydrogen-bond acceptors (Lipinski definition) is 3. The zero-order valence-corrected chi connectivity index (χ0v) is 13.0. The third-order valence-corrected chi connectivity index (χ3v) is 4.84. The Morgan fingerprint density at radius 3 is 3.00 bits per heavy atom. The van der Waals surface area contributed by atoms with Crippen molar-refractivity contribution in [1.29, 1.82) is 0 Å². The monoisotopic (exact) mass is 328 g/mol. The number of carbonyl (C=O) groups excluding carboxylic acids is 1. The number of carbonyl (C=O) groups is 1. The minimum Gasteiger partial charge on any atom is -0.330 e. The van der Waals surface area contributed by atoms with Gasteiger partial charge in [-0.15, -0.1) is 11.8 Å². The van der Waals surface area contributed by atoms with Crippen LogP contribution < -0.4 is 10.6 Å². The fourth-order valence-electron chi connectivity index (χ4n) is 2.17. The van der Waals surface area contributed by atoms with Crippen LogP contribution in [0.1, 0.15) is 18.9 Å². The van der Waals surface area contributed by atoms with Crippen molar-refractivity contribution >= 4 is 39.3 Å². The van der Waals surface area contributed by atoms with E-state index >= 15 is 0 Å². The SMILES string of the molecule is Cc1cc(Br)c2c(c1)SCC(C)N2C(=O)CCN. The maximum absolute atomic E-state index is 12.2. The lowest BCUT2D eigenvalue weighted by Crippen LogP contribution is -2.43. The van der Waals surface area contributed by atoms with E-state index in [4.69, 9.17) is 5.73 Å². The molecule has 1 aliphatic rings. The second-order valence-electron chi connectivity index (χ2n) is 4.56. The Hall–Kier alpha value is -0.520. The summed E-state index contributed by atoms with van der Waals surface area (Å²) in [5.74, 6) is 1.04. The van der Waals surface area contributed by atoms with Gasteiger partial charge in [-0.3, -0.25) is 4.79 Å². The third kappa shape index (κ3) is 2.58. The van der Waals surface area contributed by atoms with E-state index in [-0.39, 0.29) is 11.9 Å². The van der Waals surface area contributed by atoms with E-state index in [0.717, 1.165) is 15.9 Å². The molecule has 2 rings (SSSR count). The summed E-state index contributed by atoms with van der Waals surface area (Å²) in [5.41, 5.74) is 7.70. The van der Waals surface area contributed by atoms with Gasteiger partial charge in [-0.1, -0.05) is 0 Å². The molecule has 18 heavy (non-hydrogen) atoms. The minimum absolute atomic E-state index is 0.108. The van der Waals surface area contributed by atoms with Gasteiger partial charge in [0.1, 0.15) is 0 Å². The molecule has 3 nitrogen and oxygen atoms in total. The van der Waals surface area contributed by atoms with Gasteiger partial charge in [0.2, 0.25) is 5.91 Å². The molecule has 0 bridgehead atoms. The first-order chi connectivity index (χ1) is 8.54. The van der Waals surface area contributed by atoms with Crippen LogP contribution in [0.25, 0.3) is 0 Å². The number of thioether (sulfide) groups is 1. The van der Waals surface area contributed by atoms with Crippen molar-refractivity contribution in [2.24, 2.45) is 5.73 Å². The molecule has 0 aromatic heterocycles. The molecule has 1 aromatic rings. The van der Waals surface area contributed by atoms with Crippen molar-refractivity contribution in [3.63, 3.8) is 0 Å². The summed E-state index contributed by atoms with van der Waals surface area (Å²) in [6, 6.07) is 4.40. The van der Waals surface area contributed by atoms with Crippen LogP contribution in [-0.2, 0) is 4.79 Å². The number of benzene rings is 1. The fourth-order valence-corrected chi connectivity index (χ4v) is 4.25. The van der Waals surface area contributed by atoms with Crippen LogP contribution in [0.15, 0.2) is 21.5 Å². The molecule has 1 atom stereocenters. The summed E-state index contributed by atoms with van der Waals surface area (Å²) in [6.45, 7) is 4.54. The lowest BCUT2D eigenvalue weighted by Gasteiger charge is -2.36. The summed E-state index contributed by atoms with van der Waals surface area (Å²) in [6.07, 6.45) is 0.398. The number of nitrogens with two attached hydrogens (primary N) is 1. The Bertz CT molecular complexity index is 478. The highest BCUT2D eigenvalue weighted by atomic mass is 79.9. The van der Waals surface area contributed by atoms with E-state index in [2.05, 4.69) is 41.9 Å². The highest BCUT2D eigenvalue weighted by Gasteiger charge is 2.30. The number of aryl methyl sites for hydroxylation is 1. The van der Waals surface area contributed by atoms with Gasteiger partial charge in [0, 0.05) is 34.1 Å². The summed E-state index contributed by atoms with van der Waals surface area (Å²) in [5, 5.41) is 0. The molecule has 5 heteroatoms. The first kappa shape index (κ1) is 13.9. The van der Waals surface area contributed by atoms with Crippen molar-refractivity contribution in [2.45, 2.75) is 31.2 Å². The van der Waals surface area contributed by atoms with Gasteiger partial charge in [-0.2, -0.15) is 0 Å². The number of amides is 1. The predicted molar refractivity (Wildman–Crippen MR) is 80.2 cm³/mol. The number of fused-ring (bicyclic) bond motifs is 1. The van der Waals surface area contributed by atoms with E-state index in [0.29, 0.717) is 13.0 Å². The highest BCUT2D eigenvalue weighted by molar-refractivity contribution is 9.10. The average Bonchev–Trinajstić information content (AvgIpc) is 2.29. The summed E-state index contributed by atoms with van der Waals surface area (Å²) in [4.78, 5) is 15.3. The molecule has 0 spiro atoms. The van der Waals surface area contributed by atoms with Crippen molar-refractivity contribution in [1.82, 2.24) is 0 Å². The Morgan fingerprint density at radius 2 is 2.33 bits per heavy atom. The molecule has 98 valence electrons. The van der Waals surface area contributed by atoms with Gasteiger partial charge < -0.3 is 10.6 Å². The van der Waals surface area contributed by atoms with Crippen LogP contribution in [0.4, 0.5) is 5.69 Å². The molecule has 1 amide bonds. The molecule has 0 saturated carbocycles. The summed E-state index contributed by atoms with van der Waals surface area (Å²) < 4.78 is 0.988. The Morgan fingerprint density at radius 1 is 1.61 bits per heavy atom. The van der Waals surface area contributed by atoms with Crippen molar-refractivity contribution in [3.05, 3.63) is 22.2 Å². The number of hydrogen-bond donors (Lipinski definition) is 1. The standard InChI is InChI=1S/C13H17BrN2OS/c1-8-5-10(14)13-11(6-8)18-7-9(2)16(13)12(17)3-4-15/h5-6,9H,3-4,7,15H2,1-2H3. The van der Waals surface area contributed by atoms with Gasteiger partial charge in [-0.25, -0.2) is 0 Å². The molecule has 0 saturated heterocycles. The van der Waals surface area contributed by atoms with E-state index in [9.17, 15) is 4.79 Å². The number of anilines is 1. The van der Waals surface area contributed by atoms with Gasteiger partial charge in [0.15, 0.2) is 0 Å². The van der Waals surface area contributed by atoms with Crippen molar-refractivity contribution < 1.29 is 4.79 Å². The summed E-state index contributed by atoms with van der Waals surface area (Å²) in [7, 11) is 0. The van der Waals surface area contributed by atoms with Gasteiger partial charge >= 0.3 is 0 Å². The number of rotatable bonds is 2. The van der Waals surface area contributed by atoms with Gasteiger partial charge in [0.25, 0.3) is 0 Å². The normalized spacial score (nSPS) is 18.7. The molecule has 1 unspecified atom stereocenters. The second kappa shape index (κ2) is 5.63. The van der Waals surface area contributed by atoms with Crippen molar-refractivity contribution in [3.8, 4) is 0 Å². The van der Waals surface area contributed by atoms with E-state index < -0.39 is 0 Å². The molecule has 1 aromatic carbocycles. The molecular formula is C13H17BrN2OS. The summed E-state index contributed by atoms with van der Waals surface area (Å²) >= 11 is 5.39. The minimum atomic E-state index is 0.108. The van der Waals surface area contributed by atoms with Crippen molar-refractivity contribution in [2.75, 3.05) is 17.2 Å². The van der Waals surface area contributed by atoms with Crippen LogP contribution in [0.3, 0.4) is 0 Å². The molecule has 2 N–H and O–H groups in total. The topological polar surface area (TPSA) is 46.3 Å². The van der Waals surface area contributed by atoms with E-state index in [1.54, 1.807) is 0 Å². The van der Waals surface area contributed by atoms with Crippen LogP contribution in [0.2, 0.25) is 0 Å². The molecular weight excluding hydrogens is 312 g/mol. The van der Waals surface area contributed by atoms with E-state index in [1.807, 2.05) is 16.7 Å². The third-order valence-electron chi connectivity index (χ3n) is 2.96. The number of halogens is 1. The predicted octanol–water partition coefficient (Wildman–Crippen LogP) is 2.93. The fraction of sp³-hybridized carbons (Fsp3) is 0.462. The molecule has 0 fully saturated rings. The zero-order chi connectivity index (χ0) is 13.3. The smallest absolute Gasteiger partial charge is 0.228 e. The maximum Gasteiger partial charge on any atom is 0.228 e. The average molecular weight is 329 g/mol. The second-order valence-corrected chi connectivity index (χ2v) is 6.47. The van der Waals surface area contributed by atoms with Crippen LogP contribution in [-0.4, -0.2) is 24.2 Å². The van der Waals surface area contributed by atoms with Crippen LogP contribution >= 0.6 is 27.7 Å². The molecule has 0 aliphatic carbocycles. The lowest BCUT2D eigenvalue weighted by molar-refractivity contribution is -0.118. The van der Waals surface area contributed by atoms with E-state index in [1.165, 1.54) is 10.5 Å². The van der Waals surface area contributed by atoms with Crippen LogP contribution in [0, 0.1) is 6.92 Å². The highest BCUT2D eigenvalue weighted by Crippen LogP contribution is 2.43. The zero-order valence-electron chi connectivity index (χ0n) is 10.6. The largest absolute Gasteiger partial charge is 0.330 e. The molecule has 1 aliphatic heterocycles. The van der Waals surface area contributed by atoms with Crippen LogP contribution in [0.5, 0.6) is 0 Å². The Labute approximate surface area is 120 Å². The molecule has 0 radical (unpaired) electrons. The van der Waals surface area contributed by atoms with Gasteiger partial charge in [-0.05, 0) is 47.5 Å². The first-order valence-electron chi connectivity index (χ1n) is 5.99. The lowest BCUT2D eigenvalue weighted by atomic mass is 10.1. The number of nitrogens with zero attached hydrogens (tertiary/aromatic N) is 1. The first-order valence-corrected chi connectivity index (χ1v) is 7.77. The molecule has 1 heterocycles. The quantitative estimate of drug-likeness (QED) is 0.907.